The van der Waals surface area contributed by atoms with Crippen molar-refractivity contribution in [2.45, 2.75) is 25.7 Å². The van der Waals surface area contributed by atoms with Crippen molar-refractivity contribution in [2.24, 2.45) is 0 Å². The first kappa shape index (κ1) is 27.1. The van der Waals surface area contributed by atoms with Crippen LogP contribution in [0.5, 0.6) is 57.5 Å². The summed E-state index contributed by atoms with van der Waals surface area (Å²) in [6.07, 6.45) is 2.12. The van der Waals surface area contributed by atoms with E-state index in [0.717, 1.165) is 22.3 Å². The molecule has 10 nitrogen and oxygen atoms in total. The highest BCUT2D eigenvalue weighted by molar-refractivity contribution is 5.76. The minimum atomic E-state index is -0.0427. The van der Waals surface area contributed by atoms with Crippen LogP contribution in [-0.4, -0.2) is 48.2 Å². The molecule has 4 aromatic carbocycles. The van der Waals surface area contributed by atoms with Crippen LogP contribution < -0.4 is 28.4 Å². The highest BCUT2D eigenvalue weighted by Crippen LogP contribution is 2.44. The molecule has 0 spiro atoms. The zero-order valence-corrected chi connectivity index (χ0v) is 23.1. The fourth-order valence-electron chi connectivity index (χ4n) is 5.40. The second-order valence-electron chi connectivity index (χ2n) is 10.1. The molecule has 2 heterocycles. The monoisotopic (exact) mass is 574 g/mol. The summed E-state index contributed by atoms with van der Waals surface area (Å²) in [6, 6.07) is 13.8. The average Bonchev–Trinajstić information content (AvgIpc) is 3.66. The molecule has 0 amide bonds. The van der Waals surface area contributed by atoms with E-state index in [9.17, 15) is 20.4 Å². The molecule has 0 radical (unpaired) electrons. The lowest BCUT2D eigenvalue weighted by Crippen LogP contribution is -2.01. The maximum absolute atomic E-state index is 10.8. The molecule has 0 bridgehead atoms. The van der Waals surface area contributed by atoms with Gasteiger partial charge in [-0.3, -0.25) is 0 Å². The predicted molar refractivity (Wildman–Crippen MR) is 152 cm³/mol. The van der Waals surface area contributed by atoms with Crippen LogP contribution in [0.25, 0.3) is 11.1 Å². The molecule has 6 rings (SSSR count). The van der Waals surface area contributed by atoms with E-state index >= 15 is 0 Å². The number of benzene rings is 4. The minimum absolute atomic E-state index is 0.0143. The van der Waals surface area contributed by atoms with Crippen LogP contribution in [-0.2, 0) is 25.7 Å². The molecule has 10 heteroatoms. The quantitative estimate of drug-likeness (QED) is 0.211. The van der Waals surface area contributed by atoms with E-state index in [4.69, 9.17) is 28.4 Å². The van der Waals surface area contributed by atoms with Gasteiger partial charge in [0.1, 0.15) is 0 Å². The van der Waals surface area contributed by atoms with Crippen molar-refractivity contribution in [3.05, 3.63) is 70.8 Å². The second-order valence-corrected chi connectivity index (χ2v) is 10.1. The Morgan fingerprint density at radius 1 is 0.524 bits per heavy atom. The number of aryl methyl sites for hydroxylation is 4. The van der Waals surface area contributed by atoms with E-state index in [1.54, 1.807) is 36.4 Å². The molecule has 0 aliphatic carbocycles. The van der Waals surface area contributed by atoms with Crippen LogP contribution in [0.1, 0.15) is 22.3 Å². The summed E-state index contributed by atoms with van der Waals surface area (Å²) in [7, 11) is 2.97. The predicted octanol–water partition coefficient (Wildman–Crippen LogP) is 5.22. The standard InChI is InChI=1S/C32H30O10/c1-37-27-11-19(5-3-17-7-25(35)31-29(9-17)39-15-41-31)21(13-23(27)33)22-14-24(34)28(38-2)12-20(22)6-4-18-8-26(36)32-30(10-18)40-16-42-32/h7-14,33-36H,3-6,15-16H2,1-2H3. The van der Waals surface area contributed by atoms with Gasteiger partial charge in [0.15, 0.2) is 46.0 Å². The highest BCUT2D eigenvalue weighted by atomic mass is 16.7. The summed E-state index contributed by atoms with van der Waals surface area (Å²) >= 11 is 0. The summed E-state index contributed by atoms with van der Waals surface area (Å²) in [5.74, 6) is 2.23. The Labute approximate surface area is 241 Å². The SMILES string of the molecule is COc1cc(CCc2cc(O)c3c(c2)OCO3)c(-c2cc(O)c(OC)cc2CCc2cc(O)c3c(c2)OCO3)cc1O. The van der Waals surface area contributed by atoms with Gasteiger partial charge in [-0.2, -0.15) is 0 Å². The van der Waals surface area contributed by atoms with Crippen LogP contribution in [0.2, 0.25) is 0 Å². The molecule has 4 N–H and O–H groups in total. The van der Waals surface area contributed by atoms with Gasteiger partial charge in [-0.15, -0.1) is 0 Å². The number of aromatic hydroxyl groups is 4. The molecule has 42 heavy (non-hydrogen) atoms. The van der Waals surface area contributed by atoms with Gasteiger partial charge in [0.05, 0.1) is 14.2 Å². The van der Waals surface area contributed by atoms with Gasteiger partial charge in [-0.1, -0.05) is 0 Å². The van der Waals surface area contributed by atoms with Gasteiger partial charge in [-0.05, 0) is 108 Å². The van der Waals surface area contributed by atoms with Crippen molar-refractivity contribution in [2.75, 3.05) is 27.8 Å². The van der Waals surface area contributed by atoms with Crippen LogP contribution in [0.4, 0.5) is 0 Å². The summed E-state index contributed by atoms with van der Waals surface area (Å²) in [5, 5.41) is 42.3. The van der Waals surface area contributed by atoms with E-state index in [1.165, 1.54) is 14.2 Å². The molecule has 0 unspecified atom stereocenters. The van der Waals surface area contributed by atoms with Crippen molar-refractivity contribution >= 4 is 0 Å². The topological polar surface area (TPSA) is 136 Å². The maximum atomic E-state index is 10.8. The normalized spacial score (nSPS) is 12.9. The van der Waals surface area contributed by atoms with E-state index in [2.05, 4.69) is 0 Å². The Kier molecular flexibility index (Phi) is 7.12. The third-order valence-electron chi connectivity index (χ3n) is 7.49. The zero-order valence-electron chi connectivity index (χ0n) is 23.1. The minimum Gasteiger partial charge on any atom is -0.504 e. The Morgan fingerprint density at radius 3 is 1.36 bits per heavy atom. The lowest BCUT2D eigenvalue weighted by molar-refractivity contribution is 0.171. The van der Waals surface area contributed by atoms with Crippen LogP contribution in [0, 0.1) is 0 Å². The third kappa shape index (κ3) is 5.07. The lowest BCUT2D eigenvalue weighted by Gasteiger charge is -2.18. The molecule has 0 atom stereocenters. The van der Waals surface area contributed by atoms with Gasteiger partial charge >= 0.3 is 0 Å². The molecule has 0 saturated heterocycles. The smallest absolute Gasteiger partial charge is 0.231 e. The molecule has 0 aromatic heterocycles. The molecule has 2 aliphatic heterocycles. The Morgan fingerprint density at radius 2 is 0.952 bits per heavy atom. The molecular weight excluding hydrogens is 544 g/mol. The number of hydrogen-bond acceptors (Lipinski definition) is 10. The Balaban J connectivity index is 1.36. The van der Waals surface area contributed by atoms with Crippen LogP contribution in [0.15, 0.2) is 48.5 Å². The lowest BCUT2D eigenvalue weighted by atomic mass is 9.89. The van der Waals surface area contributed by atoms with Gasteiger partial charge in [0.2, 0.25) is 25.1 Å². The number of phenols is 4. The van der Waals surface area contributed by atoms with Gasteiger partial charge in [-0.25, -0.2) is 0 Å². The third-order valence-corrected chi connectivity index (χ3v) is 7.49. The van der Waals surface area contributed by atoms with E-state index < -0.39 is 0 Å². The van der Waals surface area contributed by atoms with Crippen molar-refractivity contribution in [1.82, 2.24) is 0 Å². The number of fused-ring (bicyclic) bond motifs is 2. The molecule has 0 fully saturated rings. The molecule has 2 aliphatic rings. The van der Waals surface area contributed by atoms with Gasteiger partial charge < -0.3 is 48.8 Å². The van der Waals surface area contributed by atoms with Crippen molar-refractivity contribution < 1.29 is 48.8 Å². The first-order chi connectivity index (χ1) is 20.3. The first-order valence-corrected chi connectivity index (χ1v) is 13.4. The number of ether oxygens (including phenoxy) is 6. The molecule has 218 valence electrons. The van der Waals surface area contributed by atoms with Gasteiger partial charge in [0, 0.05) is 0 Å². The number of methoxy groups -OCH3 is 2. The van der Waals surface area contributed by atoms with E-state index in [1.807, 2.05) is 12.1 Å². The Bertz CT molecular complexity index is 1540. The summed E-state index contributed by atoms with van der Waals surface area (Å²) in [6.45, 7) is 0.114. The fraction of sp³-hybridized carbons (Fsp3) is 0.250. The molecule has 4 aromatic rings. The van der Waals surface area contributed by atoms with Gasteiger partial charge in [0.25, 0.3) is 0 Å². The van der Waals surface area contributed by atoms with Crippen LogP contribution in [0.3, 0.4) is 0 Å². The second kappa shape index (κ2) is 11.0. The summed E-state index contributed by atoms with van der Waals surface area (Å²) < 4.78 is 32.4. The van der Waals surface area contributed by atoms with Crippen molar-refractivity contribution in [1.29, 1.82) is 0 Å². The van der Waals surface area contributed by atoms with Crippen LogP contribution >= 0.6 is 0 Å². The summed E-state index contributed by atoms with van der Waals surface area (Å²) in [5.41, 5.74) is 4.81. The van der Waals surface area contributed by atoms with E-state index in [-0.39, 0.29) is 36.6 Å². The maximum Gasteiger partial charge on any atom is 0.231 e. The Hall–Kier alpha value is -5.12. The number of phenolic OH excluding ortho intramolecular Hbond substituents is 4. The first-order valence-electron chi connectivity index (χ1n) is 13.4. The number of rotatable bonds is 9. The molecular formula is C32H30O10. The largest absolute Gasteiger partial charge is 0.504 e. The van der Waals surface area contributed by atoms with E-state index in [0.29, 0.717) is 71.3 Å². The highest BCUT2D eigenvalue weighted by Gasteiger charge is 2.22. The zero-order chi connectivity index (χ0) is 29.4. The summed E-state index contributed by atoms with van der Waals surface area (Å²) in [4.78, 5) is 0. The average molecular weight is 575 g/mol. The fourth-order valence-corrected chi connectivity index (χ4v) is 5.40. The molecule has 0 saturated carbocycles. The number of hydrogen-bond donors (Lipinski definition) is 4. The van der Waals surface area contributed by atoms with Crippen molar-refractivity contribution in [3.63, 3.8) is 0 Å². The van der Waals surface area contributed by atoms with Crippen molar-refractivity contribution in [3.8, 4) is 68.6 Å².